The summed E-state index contributed by atoms with van der Waals surface area (Å²) in [7, 11) is 0. The van der Waals surface area contributed by atoms with Crippen molar-refractivity contribution in [3.8, 4) is 0 Å². The Labute approximate surface area is 126 Å². The molecule has 1 N–H and O–H groups in total. The first-order valence-corrected chi connectivity index (χ1v) is 7.53. The Kier molecular flexibility index (Phi) is 4.08. The van der Waals surface area contributed by atoms with Crippen LogP contribution in [-0.4, -0.2) is 41.0 Å². The number of amides is 1. The van der Waals surface area contributed by atoms with E-state index >= 15 is 0 Å². The van der Waals surface area contributed by atoms with E-state index in [4.69, 9.17) is 0 Å². The number of hydrogen-bond donors (Lipinski definition) is 1. The monoisotopic (exact) mass is 313 g/mol. The highest BCUT2D eigenvalue weighted by atomic mass is 19.4. The highest BCUT2D eigenvalue weighted by Gasteiger charge is 2.36. The van der Waals surface area contributed by atoms with Crippen LogP contribution in [-0.2, 0) is 6.18 Å². The van der Waals surface area contributed by atoms with Gasteiger partial charge in [0.05, 0.1) is 5.56 Å². The smallest absolute Gasteiger partial charge is 0.348 e. The summed E-state index contributed by atoms with van der Waals surface area (Å²) in [4.78, 5) is 17.9. The molecule has 0 radical (unpaired) electrons. The third-order valence-corrected chi connectivity index (χ3v) is 4.49. The fraction of sp³-hybridized carbons (Fsp3) is 0.600. The lowest BCUT2D eigenvalue weighted by Gasteiger charge is -2.32. The van der Waals surface area contributed by atoms with Gasteiger partial charge in [0.15, 0.2) is 0 Å². The quantitative estimate of drug-likeness (QED) is 0.912. The third-order valence-electron chi connectivity index (χ3n) is 4.49. The number of alkyl halides is 3. The Morgan fingerprint density at radius 1 is 1.23 bits per heavy atom. The van der Waals surface area contributed by atoms with E-state index in [1.807, 2.05) is 0 Å². The first-order chi connectivity index (χ1) is 10.4. The minimum Gasteiger partial charge on any atom is -0.348 e. The lowest BCUT2D eigenvalue weighted by molar-refractivity contribution is -0.141. The van der Waals surface area contributed by atoms with Crippen molar-refractivity contribution in [3.63, 3.8) is 0 Å². The van der Waals surface area contributed by atoms with Crippen LogP contribution in [0.15, 0.2) is 18.3 Å². The Balaban J connectivity index is 1.64. The van der Waals surface area contributed by atoms with Crippen molar-refractivity contribution in [2.45, 2.75) is 43.9 Å². The van der Waals surface area contributed by atoms with Crippen molar-refractivity contribution in [2.24, 2.45) is 0 Å². The topological polar surface area (TPSA) is 45.2 Å². The van der Waals surface area contributed by atoms with Gasteiger partial charge in [0.1, 0.15) is 5.69 Å². The predicted molar refractivity (Wildman–Crippen MR) is 74.3 cm³/mol. The molecule has 1 aromatic heterocycles. The highest BCUT2D eigenvalue weighted by Crippen LogP contribution is 2.28. The summed E-state index contributed by atoms with van der Waals surface area (Å²) in [6, 6.07) is 2.46. The molecular weight excluding hydrogens is 295 g/mol. The van der Waals surface area contributed by atoms with Gasteiger partial charge in [-0.15, -0.1) is 0 Å². The number of pyridine rings is 1. The molecule has 2 aliphatic heterocycles. The summed E-state index contributed by atoms with van der Waals surface area (Å²) in [5.41, 5.74) is -0.814. The highest BCUT2D eigenvalue weighted by molar-refractivity contribution is 5.94. The van der Waals surface area contributed by atoms with Crippen molar-refractivity contribution in [1.82, 2.24) is 15.2 Å². The third kappa shape index (κ3) is 3.09. The van der Waals surface area contributed by atoms with E-state index in [0.717, 1.165) is 44.6 Å². The first kappa shape index (κ1) is 15.3. The molecule has 0 unspecified atom stereocenters. The van der Waals surface area contributed by atoms with Gasteiger partial charge in [0.2, 0.25) is 0 Å². The van der Waals surface area contributed by atoms with Crippen LogP contribution in [0, 0.1) is 0 Å². The van der Waals surface area contributed by atoms with Crippen molar-refractivity contribution in [1.29, 1.82) is 0 Å². The summed E-state index contributed by atoms with van der Waals surface area (Å²) in [5, 5.41) is 2.95. The molecule has 2 atom stereocenters. The molecule has 2 aliphatic rings. The Morgan fingerprint density at radius 3 is 2.73 bits per heavy atom. The van der Waals surface area contributed by atoms with Gasteiger partial charge in [-0.2, -0.15) is 13.2 Å². The molecular formula is C15H18F3N3O. The molecule has 0 spiro atoms. The average molecular weight is 313 g/mol. The van der Waals surface area contributed by atoms with E-state index in [-0.39, 0.29) is 17.5 Å². The number of carbonyl (C=O) groups is 1. The molecule has 1 amide bonds. The number of piperidine rings is 1. The molecule has 22 heavy (non-hydrogen) atoms. The number of fused-ring (bicyclic) bond motifs is 1. The normalized spacial score (nSPS) is 25.8. The van der Waals surface area contributed by atoms with E-state index in [9.17, 15) is 18.0 Å². The van der Waals surface area contributed by atoms with E-state index < -0.39 is 11.9 Å². The number of hydrogen-bond acceptors (Lipinski definition) is 3. The molecule has 120 valence electrons. The molecule has 3 heterocycles. The maximum atomic E-state index is 12.5. The van der Waals surface area contributed by atoms with Crippen LogP contribution >= 0.6 is 0 Å². The molecule has 0 saturated carbocycles. The van der Waals surface area contributed by atoms with Gasteiger partial charge in [-0.1, -0.05) is 6.42 Å². The second kappa shape index (κ2) is 5.87. The summed E-state index contributed by atoms with van der Waals surface area (Å²) in [6.45, 7) is 2.04. The fourth-order valence-corrected chi connectivity index (χ4v) is 3.36. The molecule has 0 aliphatic carbocycles. The minimum absolute atomic E-state index is 0.0788. The van der Waals surface area contributed by atoms with Gasteiger partial charge in [0.25, 0.3) is 5.91 Å². The summed E-state index contributed by atoms with van der Waals surface area (Å²) in [5.74, 6) is -0.348. The Bertz CT molecular complexity index is 544. The van der Waals surface area contributed by atoms with E-state index in [1.165, 1.54) is 12.5 Å². The van der Waals surface area contributed by atoms with Gasteiger partial charge in [-0.3, -0.25) is 14.7 Å². The fourth-order valence-electron chi connectivity index (χ4n) is 3.36. The predicted octanol–water partition coefficient (Wildman–Crippen LogP) is 2.46. The Hall–Kier alpha value is -1.63. The maximum absolute atomic E-state index is 12.5. The van der Waals surface area contributed by atoms with Crippen LogP contribution in [0.3, 0.4) is 0 Å². The van der Waals surface area contributed by atoms with Crippen LogP contribution < -0.4 is 5.32 Å². The largest absolute Gasteiger partial charge is 0.433 e. The van der Waals surface area contributed by atoms with Crippen molar-refractivity contribution in [3.05, 3.63) is 29.6 Å². The Morgan fingerprint density at radius 2 is 2.05 bits per heavy atom. The first-order valence-electron chi connectivity index (χ1n) is 7.53. The number of halogens is 3. The average Bonchev–Trinajstić information content (AvgIpc) is 2.90. The SMILES string of the molecule is O=C(N[C@@H]1CCN2CCCC[C@H]12)c1ccc(C(F)(F)F)nc1. The maximum Gasteiger partial charge on any atom is 0.433 e. The molecule has 2 fully saturated rings. The molecule has 0 bridgehead atoms. The van der Waals surface area contributed by atoms with Crippen LogP contribution in [0.4, 0.5) is 13.2 Å². The summed E-state index contributed by atoms with van der Waals surface area (Å²) >= 11 is 0. The van der Waals surface area contributed by atoms with Crippen LogP contribution in [0.5, 0.6) is 0 Å². The van der Waals surface area contributed by atoms with Crippen LogP contribution in [0.2, 0.25) is 0 Å². The van der Waals surface area contributed by atoms with Crippen LogP contribution in [0.25, 0.3) is 0 Å². The van der Waals surface area contributed by atoms with Crippen molar-refractivity contribution < 1.29 is 18.0 Å². The molecule has 7 heteroatoms. The van der Waals surface area contributed by atoms with Crippen molar-refractivity contribution in [2.75, 3.05) is 13.1 Å². The summed E-state index contributed by atoms with van der Waals surface area (Å²) < 4.78 is 37.4. The number of nitrogens with one attached hydrogen (secondary N) is 1. The minimum atomic E-state index is -4.48. The molecule has 0 aromatic carbocycles. The zero-order chi connectivity index (χ0) is 15.7. The van der Waals surface area contributed by atoms with Crippen LogP contribution in [0.1, 0.15) is 41.7 Å². The van der Waals surface area contributed by atoms with E-state index in [0.29, 0.717) is 6.04 Å². The number of nitrogens with zero attached hydrogens (tertiary/aromatic N) is 2. The summed E-state index contributed by atoms with van der Waals surface area (Å²) in [6.07, 6.45) is 0.824. The van der Waals surface area contributed by atoms with Gasteiger partial charge in [-0.25, -0.2) is 0 Å². The zero-order valence-corrected chi connectivity index (χ0v) is 12.1. The van der Waals surface area contributed by atoms with E-state index in [2.05, 4.69) is 15.2 Å². The molecule has 4 nitrogen and oxygen atoms in total. The van der Waals surface area contributed by atoms with Gasteiger partial charge < -0.3 is 5.32 Å². The van der Waals surface area contributed by atoms with Gasteiger partial charge in [-0.05, 0) is 37.9 Å². The lowest BCUT2D eigenvalue weighted by atomic mass is 9.99. The molecule has 2 saturated heterocycles. The van der Waals surface area contributed by atoms with Gasteiger partial charge >= 0.3 is 6.18 Å². The number of aromatic nitrogens is 1. The molecule has 1 aromatic rings. The van der Waals surface area contributed by atoms with E-state index in [1.54, 1.807) is 0 Å². The standard InChI is InChI=1S/C15H18F3N3O/c16-15(17,18)13-5-4-10(9-19-13)14(22)20-11-6-8-21-7-2-1-3-12(11)21/h4-5,9,11-12H,1-3,6-8H2,(H,20,22)/t11-,12-/m1/s1. The number of rotatable bonds is 2. The molecule has 3 rings (SSSR count). The second-order valence-corrected chi connectivity index (χ2v) is 5.90. The van der Waals surface area contributed by atoms with Gasteiger partial charge in [0, 0.05) is 24.8 Å². The zero-order valence-electron chi connectivity index (χ0n) is 12.1. The lowest BCUT2D eigenvalue weighted by Crippen LogP contribution is -2.46. The second-order valence-electron chi connectivity index (χ2n) is 5.90. The number of carbonyl (C=O) groups excluding carboxylic acids is 1. The van der Waals surface area contributed by atoms with Crippen molar-refractivity contribution >= 4 is 5.91 Å².